The van der Waals surface area contributed by atoms with E-state index in [0.717, 1.165) is 32.4 Å². The number of nitrogens with one attached hydrogen (secondary N) is 1. The van der Waals surface area contributed by atoms with Crippen molar-refractivity contribution < 1.29 is 5.11 Å². The highest BCUT2D eigenvalue weighted by Gasteiger charge is 2.34. The van der Waals surface area contributed by atoms with Crippen molar-refractivity contribution in [3.8, 4) is 0 Å². The summed E-state index contributed by atoms with van der Waals surface area (Å²) in [6, 6.07) is 0. The number of hydrogen-bond donors (Lipinski definition) is 2. The maximum Gasteiger partial charge on any atom is 0.0569 e. The molecule has 2 nitrogen and oxygen atoms in total. The van der Waals surface area contributed by atoms with E-state index in [2.05, 4.69) is 12.2 Å². The summed E-state index contributed by atoms with van der Waals surface area (Å²) in [5, 5.41) is 12.9. The van der Waals surface area contributed by atoms with E-state index in [9.17, 15) is 5.11 Å². The molecule has 66 valence electrons. The molecule has 1 atom stereocenters. The Morgan fingerprint density at radius 3 is 2.27 bits per heavy atom. The van der Waals surface area contributed by atoms with E-state index in [1.165, 1.54) is 0 Å². The first-order valence-corrected chi connectivity index (χ1v) is 4.60. The molecular weight excluding hydrogens is 138 g/mol. The summed E-state index contributed by atoms with van der Waals surface area (Å²) in [7, 11) is 0. The Balaban J connectivity index is 2.57. The van der Waals surface area contributed by atoms with Crippen LogP contribution < -0.4 is 5.32 Å². The van der Waals surface area contributed by atoms with Crippen LogP contribution in [0.3, 0.4) is 0 Å². The summed E-state index contributed by atoms with van der Waals surface area (Å²) in [6.07, 6.45) is 3.21. The van der Waals surface area contributed by atoms with Crippen LogP contribution in [0.25, 0.3) is 0 Å². The van der Waals surface area contributed by atoms with E-state index in [-0.39, 0.29) is 11.5 Å². The van der Waals surface area contributed by atoms with Gasteiger partial charge in [-0.05, 0) is 44.7 Å². The Kier molecular flexibility index (Phi) is 2.90. The minimum atomic E-state index is -0.144. The van der Waals surface area contributed by atoms with E-state index in [4.69, 9.17) is 0 Å². The highest BCUT2D eigenvalue weighted by Crippen LogP contribution is 2.35. The molecule has 0 amide bonds. The van der Waals surface area contributed by atoms with Gasteiger partial charge in [0.25, 0.3) is 0 Å². The topological polar surface area (TPSA) is 32.3 Å². The molecule has 1 saturated heterocycles. The van der Waals surface area contributed by atoms with Gasteiger partial charge in [-0.2, -0.15) is 0 Å². The Labute approximate surface area is 69.0 Å². The zero-order chi connectivity index (χ0) is 8.32. The number of aliphatic hydroxyl groups excluding tert-OH is 1. The predicted octanol–water partition coefficient (Wildman–Crippen LogP) is 1.15. The molecular formula is C9H19NO. The van der Waals surface area contributed by atoms with Crippen molar-refractivity contribution in [2.24, 2.45) is 5.41 Å². The van der Waals surface area contributed by atoms with Crippen molar-refractivity contribution in [3.05, 3.63) is 0 Å². The summed E-state index contributed by atoms with van der Waals surface area (Å²) in [4.78, 5) is 0. The van der Waals surface area contributed by atoms with Gasteiger partial charge in [-0.1, -0.05) is 6.92 Å². The minimum absolute atomic E-state index is 0.144. The first-order valence-electron chi connectivity index (χ1n) is 4.60. The van der Waals surface area contributed by atoms with Crippen LogP contribution in [0, 0.1) is 5.41 Å². The molecule has 1 rings (SSSR count). The average Bonchev–Trinajstić information content (AvgIpc) is 2.05. The first-order chi connectivity index (χ1) is 5.21. The molecule has 1 heterocycles. The summed E-state index contributed by atoms with van der Waals surface area (Å²) in [5.74, 6) is 0. The Morgan fingerprint density at radius 1 is 1.45 bits per heavy atom. The molecule has 0 aromatic heterocycles. The van der Waals surface area contributed by atoms with Gasteiger partial charge in [-0.25, -0.2) is 0 Å². The van der Waals surface area contributed by atoms with Gasteiger partial charge in [0.1, 0.15) is 0 Å². The van der Waals surface area contributed by atoms with Gasteiger partial charge < -0.3 is 10.4 Å². The largest absolute Gasteiger partial charge is 0.393 e. The van der Waals surface area contributed by atoms with E-state index in [0.29, 0.717) is 0 Å². The van der Waals surface area contributed by atoms with Crippen molar-refractivity contribution in [3.63, 3.8) is 0 Å². The van der Waals surface area contributed by atoms with Crippen molar-refractivity contribution in [2.45, 2.75) is 39.2 Å². The van der Waals surface area contributed by atoms with Crippen LogP contribution >= 0.6 is 0 Å². The number of piperidine rings is 1. The quantitative estimate of drug-likeness (QED) is 0.630. The molecule has 0 aromatic carbocycles. The van der Waals surface area contributed by atoms with Gasteiger partial charge >= 0.3 is 0 Å². The molecule has 11 heavy (non-hydrogen) atoms. The van der Waals surface area contributed by atoms with Crippen LogP contribution in [0.4, 0.5) is 0 Å². The molecule has 1 fully saturated rings. The van der Waals surface area contributed by atoms with Crippen LogP contribution in [0.2, 0.25) is 0 Å². The molecule has 0 radical (unpaired) electrons. The molecule has 1 aliphatic heterocycles. The Hall–Kier alpha value is -0.0800. The predicted molar refractivity (Wildman–Crippen MR) is 46.5 cm³/mol. The fourth-order valence-electron chi connectivity index (χ4n) is 1.99. The Morgan fingerprint density at radius 2 is 2.00 bits per heavy atom. The lowest BCUT2D eigenvalue weighted by Crippen LogP contribution is -2.42. The monoisotopic (exact) mass is 157 g/mol. The zero-order valence-corrected chi connectivity index (χ0v) is 7.56. The van der Waals surface area contributed by atoms with Gasteiger partial charge in [0.15, 0.2) is 0 Å². The van der Waals surface area contributed by atoms with Crippen molar-refractivity contribution in [1.82, 2.24) is 5.32 Å². The molecule has 0 aliphatic carbocycles. The zero-order valence-electron chi connectivity index (χ0n) is 7.56. The summed E-state index contributed by atoms with van der Waals surface area (Å²) >= 11 is 0. The summed E-state index contributed by atoms with van der Waals surface area (Å²) in [6.45, 7) is 6.24. The third-order valence-electron chi connectivity index (χ3n) is 3.19. The minimum Gasteiger partial charge on any atom is -0.393 e. The number of aliphatic hydroxyl groups is 1. The fraction of sp³-hybridized carbons (Fsp3) is 1.00. The molecule has 2 heteroatoms. The molecule has 0 spiro atoms. The second-order valence-corrected chi connectivity index (χ2v) is 3.64. The van der Waals surface area contributed by atoms with Gasteiger partial charge in [0.2, 0.25) is 0 Å². The fourth-order valence-corrected chi connectivity index (χ4v) is 1.99. The smallest absolute Gasteiger partial charge is 0.0569 e. The standard InChI is InChI=1S/C9H19NO/c1-3-9(8(2)11)4-6-10-7-5-9/h8,10-11H,3-7H2,1-2H3. The molecule has 0 aromatic rings. The van der Waals surface area contributed by atoms with E-state index in [1.807, 2.05) is 6.92 Å². The maximum atomic E-state index is 9.60. The lowest BCUT2D eigenvalue weighted by Gasteiger charge is -2.39. The molecule has 0 bridgehead atoms. The van der Waals surface area contributed by atoms with E-state index in [1.54, 1.807) is 0 Å². The SMILES string of the molecule is CCC1(C(C)O)CCNCC1. The summed E-state index contributed by atoms with van der Waals surface area (Å²) < 4.78 is 0. The van der Waals surface area contributed by atoms with Crippen LogP contribution in [0.1, 0.15) is 33.1 Å². The lowest BCUT2D eigenvalue weighted by atomic mass is 9.73. The van der Waals surface area contributed by atoms with Crippen molar-refractivity contribution >= 4 is 0 Å². The second kappa shape index (κ2) is 3.55. The molecule has 2 N–H and O–H groups in total. The third-order valence-corrected chi connectivity index (χ3v) is 3.19. The summed E-state index contributed by atoms with van der Waals surface area (Å²) in [5.41, 5.74) is 0.214. The molecule has 0 saturated carbocycles. The highest BCUT2D eigenvalue weighted by molar-refractivity contribution is 4.87. The van der Waals surface area contributed by atoms with Crippen molar-refractivity contribution in [2.75, 3.05) is 13.1 Å². The van der Waals surface area contributed by atoms with Crippen molar-refractivity contribution in [1.29, 1.82) is 0 Å². The Bertz CT molecular complexity index is 117. The van der Waals surface area contributed by atoms with Gasteiger partial charge in [0.05, 0.1) is 6.10 Å². The van der Waals surface area contributed by atoms with Gasteiger partial charge in [0, 0.05) is 0 Å². The first kappa shape index (κ1) is 9.01. The second-order valence-electron chi connectivity index (χ2n) is 3.64. The number of rotatable bonds is 2. The highest BCUT2D eigenvalue weighted by atomic mass is 16.3. The maximum absolute atomic E-state index is 9.60. The van der Waals surface area contributed by atoms with Crippen LogP contribution in [0.5, 0.6) is 0 Å². The van der Waals surface area contributed by atoms with Crippen LogP contribution in [0.15, 0.2) is 0 Å². The third kappa shape index (κ3) is 1.74. The molecule has 1 aliphatic rings. The average molecular weight is 157 g/mol. The van der Waals surface area contributed by atoms with Gasteiger partial charge in [-0.15, -0.1) is 0 Å². The van der Waals surface area contributed by atoms with Gasteiger partial charge in [-0.3, -0.25) is 0 Å². The van der Waals surface area contributed by atoms with Crippen LogP contribution in [-0.2, 0) is 0 Å². The lowest BCUT2D eigenvalue weighted by molar-refractivity contribution is 0.0109. The normalized spacial score (nSPS) is 26.5. The molecule has 1 unspecified atom stereocenters. The van der Waals surface area contributed by atoms with E-state index >= 15 is 0 Å². The van der Waals surface area contributed by atoms with E-state index < -0.39 is 0 Å². The number of hydrogen-bond acceptors (Lipinski definition) is 2. The van der Waals surface area contributed by atoms with Crippen LogP contribution in [-0.4, -0.2) is 24.3 Å².